The molecule has 0 radical (unpaired) electrons. The molecule has 0 amide bonds. The SMILES string of the molecule is COc1c(C)c(Br)c(C)c(C2CC(CN)CN2C)c1OC. The number of rotatable bonds is 4. The van der Waals surface area contributed by atoms with Crippen molar-refractivity contribution in [2.45, 2.75) is 26.3 Å². The van der Waals surface area contributed by atoms with E-state index in [-0.39, 0.29) is 0 Å². The highest BCUT2D eigenvalue weighted by atomic mass is 79.9. The molecule has 1 fully saturated rings. The number of benzene rings is 1. The molecule has 4 nitrogen and oxygen atoms in total. The van der Waals surface area contributed by atoms with Gasteiger partial charge in [0.1, 0.15) is 0 Å². The number of halogens is 1. The first-order valence-electron chi connectivity index (χ1n) is 7.27. The molecule has 0 saturated carbocycles. The maximum atomic E-state index is 5.86. The van der Waals surface area contributed by atoms with Crippen LogP contribution in [-0.2, 0) is 0 Å². The lowest BCUT2D eigenvalue weighted by Gasteiger charge is -2.27. The molecule has 21 heavy (non-hydrogen) atoms. The van der Waals surface area contributed by atoms with Crippen LogP contribution in [0, 0.1) is 19.8 Å². The molecule has 0 spiro atoms. The Morgan fingerprint density at radius 2 is 1.81 bits per heavy atom. The minimum Gasteiger partial charge on any atom is -0.493 e. The molecule has 2 rings (SSSR count). The smallest absolute Gasteiger partial charge is 0.166 e. The van der Waals surface area contributed by atoms with Crippen molar-refractivity contribution in [3.63, 3.8) is 0 Å². The van der Waals surface area contributed by atoms with E-state index in [2.05, 4.69) is 34.8 Å². The third-order valence-corrected chi connectivity index (χ3v) is 5.75. The Hall–Kier alpha value is -0.780. The first kappa shape index (κ1) is 16.6. The van der Waals surface area contributed by atoms with E-state index in [1.807, 2.05) is 6.92 Å². The summed E-state index contributed by atoms with van der Waals surface area (Å²) in [6.45, 7) is 5.94. The maximum absolute atomic E-state index is 5.86. The van der Waals surface area contributed by atoms with Crippen molar-refractivity contribution in [2.75, 3.05) is 34.4 Å². The fraction of sp³-hybridized carbons (Fsp3) is 0.625. The number of likely N-dealkylation sites (tertiary alicyclic amines) is 1. The molecule has 2 atom stereocenters. The zero-order valence-electron chi connectivity index (χ0n) is 13.5. The molecular formula is C16H25BrN2O2. The second-order valence-electron chi connectivity index (χ2n) is 5.84. The van der Waals surface area contributed by atoms with Crippen LogP contribution in [-0.4, -0.2) is 39.3 Å². The summed E-state index contributed by atoms with van der Waals surface area (Å²) in [7, 11) is 5.56. The van der Waals surface area contributed by atoms with E-state index < -0.39 is 0 Å². The van der Waals surface area contributed by atoms with Crippen molar-refractivity contribution < 1.29 is 9.47 Å². The summed E-state index contributed by atoms with van der Waals surface area (Å²) in [5.74, 6) is 2.20. The first-order valence-corrected chi connectivity index (χ1v) is 8.06. The molecule has 5 heteroatoms. The number of methoxy groups -OCH3 is 2. The minimum absolute atomic E-state index is 0.319. The van der Waals surface area contributed by atoms with E-state index in [4.69, 9.17) is 15.2 Å². The third-order valence-electron chi connectivity index (χ3n) is 4.56. The second kappa shape index (κ2) is 6.55. The highest BCUT2D eigenvalue weighted by molar-refractivity contribution is 9.10. The Morgan fingerprint density at radius 1 is 1.19 bits per heavy atom. The Labute approximate surface area is 135 Å². The van der Waals surface area contributed by atoms with E-state index in [1.54, 1.807) is 14.2 Å². The number of nitrogens with zero attached hydrogens (tertiary/aromatic N) is 1. The second-order valence-corrected chi connectivity index (χ2v) is 6.63. The van der Waals surface area contributed by atoms with Gasteiger partial charge >= 0.3 is 0 Å². The molecule has 1 heterocycles. The van der Waals surface area contributed by atoms with Crippen LogP contribution >= 0.6 is 15.9 Å². The van der Waals surface area contributed by atoms with Crippen LogP contribution in [0.1, 0.15) is 29.2 Å². The van der Waals surface area contributed by atoms with Gasteiger partial charge in [0.05, 0.1) is 14.2 Å². The average Bonchev–Trinajstić information content (AvgIpc) is 2.85. The molecule has 1 aromatic carbocycles. The fourth-order valence-corrected chi connectivity index (χ4v) is 3.82. The van der Waals surface area contributed by atoms with Crippen LogP contribution in [0.4, 0.5) is 0 Å². The summed E-state index contributed by atoms with van der Waals surface area (Å²) in [4.78, 5) is 2.36. The van der Waals surface area contributed by atoms with Crippen molar-refractivity contribution in [1.82, 2.24) is 4.90 Å². The van der Waals surface area contributed by atoms with Crippen molar-refractivity contribution in [1.29, 1.82) is 0 Å². The van der Waals surface area contributed by atoms with Crippen molar-refractivity contribution >= 4 is 15.9 Å². The molecule has 0 bridgehead atoms. The van der Waals surface area contributed by atoms with Crippen molar-refractivity contribution in [3.8, 4) is 11.5 Å². The van der Waals surface area contributed by atoms with E-state index in [1.165, 1.54) is 11.1 Å². The number of nitrogens with two attached hydrogens (primary N) is 1. The van der Waals surface area contributed by atoms with Gasteiger partial charge in [0.25, 0.3) is 0 Å². The number of hydrogen-bond donors (Lipinski definition) is 1. The third kappa shape index (κ3) is 2.79. The average molecular weight is 357 g/mol. The maximum Gasteiger partial charge on any atom is 0.166 e. The van der Waals surface area contributed by atoms with Gasteiger partial charge in [-0.2, -0.15) is 0 Å². The summed E-state index contributed by atoms with van der Waals surface area (Å²) in [5, 5.41) is 0. The summed E-state index contributed by atoms with van der Waals surface area (Å²) in [6, 6.07) is 0.319. The van der Waals surface area contributed by atoms with Crippen LogP contribution < -0.4 is 15.2 Å². The van der Waals surface area contributed by atoms with E-state index in [0.717, 1.165) is 41.0 Å². The predicted octanol–water partition coefficient (Wildman–Crippen LogP) is 3.03. The molecule has 1 aromatic rings. The lowest BCUT2D eigenvalue weighted by atomic mass is 9.93. The monoisotopic (exact) mass is 356 g/mol. The summed E-state index contributed by atoms with van der Waals surface area (Å²) < 4.78 is 12.4. The van der Waals surface area contributed by atoms with E-state index >= 15 is 0 Å². The molecular weight excluding hydrogens is 332 g/mol. The highest BCUT2D eigenvalue weighted by Gasteiger charge is 2.35. The lowest BCUT2D eigenvalue weighted by molar-refractivity contribution is 0.294. The molecule has 2 unspecified atom stereocenters. The topological polar surface area (TPSA) is 47.7 Å². The molecule has 2 N–H and O–H groups in total. The molecule has 1 saturated heterocycles. The quantitative estimate of drug-likeness (QED) is 0.900. The van der Waals surface area contributed by atoms with Crippen LogP contribution in [0.15, 0.2) is 4.47 Å². The van der Waals surface area contributed by atoms with Crippen LogP contribution in [0.2, 0.25) is 0 Å². The summed E-state index contributed by atoms with van der Waals surface area (Å²) in [6.07, 6.45) is 1.06. The number of ether oxygens (including phenoxy) is 2. The van der Waals surface area contributed by atoms with Gasteiger partial charge in [0, 0.05) is 28.2 Å². The van der Waals surface area contributed by atoms with Gasteiger partial charge in [-0.25, -0.2) is 0 Å². The van der Waals surface area contributed by atoms with E-state index in [9.17, 15) is 0 Å². The zero-order valence-corrected chi connectivity index (χ0v) is 15.1. The molecule has 1 aliphatic heterocycles. The Morgan fingerprint density at radius 3 is 2.29 bits per heavy atom. The van der Waals surface area contributed by atoms with Gasteiger partial charge in [0.15, 0.2) is 11.5 Å². The van der Waals surface area contributed by atoms with Gasteiger partial charge in [-0.1, -0.05) is 15.9 Å². The first-order chi connectivity index (χ1) is 9.96. The number of hydrogen-bond acceptors (Lipinski definition) is 4. The van der Waals surface area contributed by atoms with E-state index in [0.29, 0.717) is 12.0 Å². The standard InChI is InChI=1S/C16H25BrN2O2/c1-9-13(12-6-11(7-18)8-19(12)3)16(21-5)15(20-4)10(2)14(9)17/h11-12H,6-8,18H2,1-5H3. The predicted molar refractivity (Wildman–Crippen MR) is 89.3 cm³/mol. The minimum atomic E-state index is 0.319. The van der Waals surface area contributed by atoms with Crippen molar-refractivity contribution in [3.05, 3.63) is 21.2 Å². The molecule has 0 aromatic heterocycles. The van der Waals surface area contributed by atoms with Crippen LogP contribution in [0.5, 0.6) is 11.5 Å². The molecule has 1 aliphatic rings. The fourth-order valence-electron chi connectivity index (χ4n) is 3.43. The summed E-state index contributed by atoms with van der Waals surface area (Å²) >= 11 is 3.71. The molecule has 118 valence electrons. The largest absolute Gasteiger partial charge is 0.493 e. The van der Waals surface area contributed by atoms with Gasteiger partial charge in [-0.05, 0) is 45.3 Å². The summed E-state index contributed by atoms with van der Waals surface area (Å²) in [5.41, 5.74) is 9.37. The van der Waals surface area contributed by atoms with Crippen LogP contribution in [0.3, 0.4) is 0 Å². The Kier molecular flexibility index (Phi) is 5.17. The lowest BCUT2D eigenvalue weighted by Crippen LogP contribution is -2.21. The van der Waals surface area contributed by atoms with Gasteiger partial charge in [-0.15, -0.1) is 0 Å². The van der Waals surface area contributed by atoms with Crippen LogP contribution in [0.25, 0.3) is 0 Å². The van der Waals surface area contributed by atoms with Gasteiger partial charge in [-0.3, -0.25) is 4.90 Å². The zero-order chi connectivity index (χ0) is 15.7. The van der Waals surface area contributed by atoms with Gasteiger partial charge < -0.3 is 15.2 Å². The highest BCUT2D eigenvalue weighted by Crippen LogP contribution is 2.48. The Balaban J connectivity index is 2.60. The van der Waals surface area contributed by atoms with Crippen molar-refractivity contribution in [2.24, 2.45) is 11.7 Å². The van der Waals surface area contributed by atoms with Gasteiger partial charge in [0.2, 0.25) is 0 Å². The normalized spacial score (nSPS) is 22.6. The molecule has 0 aliphatic carbocycles. The Bertz CT molecular complexity index is 534.